The number of hydrogen-bond acceptors (Lipinski definition) is 14. The molecule has 0 spiro atoms. The molecule has 12 amide bonds. The van der Waals surface area contributed by atoms with Crippen molar-refractivity contribution in [3.8, 4) is 0 Å². The zero-order valence-electron chi connectivity index (χ0n) is 23.3. The molecule has 6 saturated heterocycles. The largest absolute Gasteiger partial charge is 6.00 e. The first-order valence-electron chi connectivity index (χ1n) is 12.5. The summed E-state index contributed by atoms with van der Waals surface area (Å²) < 4.78 is 7.83. The van der Waals surface area contributed by atoms with Gasteiger partial charge in [0.2, 0.25) is 0 Å². The Labute approximate surface area is 274 Å². The number of hydrogen-bond donors (Lipinski definition) is 0. The van der Waals surface area contributed by atoms with Crippen LogP contribution in [0.5, 0.6) is 0 Å². The van der Waals surface area contributed by atoms with Gasteiger partial charge in [-0.2, -0.15) is 4.21 Å². The second-order valence-electron chi connectivity index (χ2n) is 8.40. The van der Waals surface area contributed by atoms with Crippen LogP contribution in [0, 0.1) is 0 Å². The maximum Gasteiger partial charge on any atom is 6.00 e. The fourth-order valence-electron chi connectivity index (χ4n) is 2.79. The zero-order valence-corrected chi connectivity index (χ0v) is 26.1. The van der Waals surface area contributed by atoms with Gasteiger partial charge in [-0.25, -0.2) is 0 Å². The standard InChI is InChI=1S/6C4H5NO2.Mo.OS/c6*6-3-1-2-4(7)5-3;;1-2/h6*1-2H2,(H,5,6,7);;/q;;;;;;+6;/p-6. The van der Waals surface area contributed by atoms with E-state index < -0.39 is 0 Å². The summed E-state index contributed by atoms with van der Waals surface area (Å²) in [5.41, 5.74) is 0. The van der Waals surface area contributed by atoms with E-state index in [1.807, 2.05) is 0 Å². The van der Waals surface area contributed by atoms with Gasteiger partial charge in [-0.1, -0.05) is 0 Å². The molecule has 0 aromatic carbocycles. The average Bonchev–Trinajstić information content (AvgIpc) is 3.82. The number of rotatable bonds is 0. The van der Waals surface area contributed by atoms with Crippen LogP contribution in [-0.4, -0.2) is 75.1 Å². The van der Waals surface area contributed by atoms with Gasteiger partial charge in [0.05, 0.1) is 70.9 Å². The van der Waals surface area contributed by atoms with Gasteiger partial charge >= 0.3 is 21.1 Å². The molecule has 0 atom stereocenters. The van der Waals surface area contributed by atoms with Crippen molar-refractivity contribution in [2.75, 3.05) is 0 Å². The van der Waals surface area contributed by atoms with Crippen LogP contribution in [0.1, 0.15) is 77.0 Å². The van der Waals surface area contributed by atoms with Gasteiger partial charge in [-0.15, -0.1) is 0 Å². The molecule has 0 unspecified atom stereocenters. The second kappa shape index (κ2) is 23.9. The van der Waals surface area contributed by atoms with E-state index in [1.165, 1.54) is 0 Å². The molecule has 0 N–H and O–H groups in total. The fourth-order valence-corrected chi connectivity index (χ4v) is 2.79. The Hall–Kier alpha value is -4.45. The molecule has 0 saturated carbocycles. The maximum absolute atomic E-state index is 10.1. The summed E-state index contributed by atoms with van der Waals surface area (Å²) in [7, 11) is 0. The van der Waals surface area contributed by atoms with Crippen molar-refractivity contribution in [3.63, 3.8) is 0 Å². The molecule has 0 radical (unpaired) electrons. The monoisotopic (exact) mass is 734 g/mol. The molecule has 6 fully saturated rings. The Morgan fingerprint density at radius 2 is 0.311 bits per heavy atom. The number of amides is 12. The molecule has 0 aromatic heterocycles. The van der Waals surface area contributed by atoms with Gasteiger partial charge in [-0.05, 0) is 77.0 Å². The SMILES string of the molecule is O=C1CCC(=O)[N-]1.O=C1CCC(=O)[N-]1.O=C1CCC(=O)[N-]1.O=C1CCC(=O)[N-]1.O=C1CCC(=O)[N-]1.O=C1CCC(=O)[N-]1.O=S.[Mo+6]. The van der Waals surface area contributed by atoms with Gasteiger partial charge in [0.1, 0.15) is 0 Å². The molecule has 6 aliphatic rings. The molecule has 6 heterocycles. The van der Waals surface area contributed by atoms with Crippen LogP contribution in [0.4, 0.5) is 0 Å². The summed E-state index contributed by atoms with van der Waals surface area (Å²) in [5, 5.41) is 18.7. The van der Waals surface area contributed by atoms with Crippen molar-refractivity contribution in [3.05, 3.63) is 31.9 Å². The van der Waals surface area contributed by atoms with Crippen molar-refractivity contribution in [1.82, 2.24) is 0 Å². The summed E-state index contributed by atoms with van der Waals surface area (Å²) in [4.78, 5) is 121. The predicted octanol–water partition coefficient (Wildman–Crippen LogP) is 0.904. The van der Waals surface area contributed by atoms with Crippen LogP contribution in [0.15, 0.2) is 0 Å². The van der Waals surface area contributed by atoms with E-state index in [0.29, 0.717) is 77.0 Å². The van der Waals surface area contributed by atoms with Crippen molar-refractivity contribution in [1.29, 1.82) is 0 Å². The summed E-state index contributed by atoms with van der Waals surface area (Å²) in [6.45, 7) is 0. The van der Waals surface area contributed by atoms with E-state index in [0.717, 1.165) is 0 Å². The van der Waals surface area contributed by atoms with E-state index in [4.69, 9.17) is 4.21 Å². The van der Waals surface area contributed by atoms with Crippen LogP contribution >= 0.6 is 0 Å². The Balaban J connectivity index is 0. The van der Waals surface area contributed by atoms with Crippen LogP contribution in [0.25, 0.3) is 31.9 Å². The predicted molar refractivity (Wildman–Crippen MR) is 144 cm³/mol. The molecule has 6 aliphatic heterocycles. The molecule has 0 aromatic rings. The zero-order chi connectivity index (χ0) is 33.7. The van der Waals surface area contributed by atoms with Gasteiger partial charge in [0.25, 0.3) is 0 Å². The molecule has 19 nitrogen and oxygen atoms in total. The average molecular weight is 732 g/mol. The third-order valence-electron chi connectivity index (χ3n) is 4.81. The molecule has 0 aliphatic carbocycles. The van der Waals surface area contributed by atoms with Crippen LogP contribution in [-0.2, 0) is 91.1 Å². The molecule has 45 heavy (non-hydrogen) atoms. The van der Waals surface area contributed by atoms with Crippen molar-refractivity contribution in [2.45, 2.75) is 77.0 Å². The maximum atomic E-state index is 10.1. The first-order valence-corrected chi connectivity index (χ1v) is 12.9. The van der Waals surface area contributed by atoms with E-state index in [1.54, 1.807) is 0 Å². The van der Waals surface area contributed by atoms with Crippen LogP contribution < -0.4 is 0 Å². The van der Waals surface area contributed by atoms with Crippen LogP contribution in [0.2, 0.25) is 0 Å². The molecular formula is C24H24MoN6O13S. The Morgan fingerprint density at radius 3 is 0.333 bits per heavy atom. The Kier molecular flexibility index (Phi) is 22.7. The Morgan fingerprint density at radius 1 is 0.244 bits per heavy atom. The van der Waals surface area contributed by atoms with Gasteiger partial charge < -0.3 is 89.4 Å². The fraction of sp³-hybridized carbons (Fsp3) is 0.500. The number of carbonyl (C=O) groups excluding carboxylic acids is 12. The van der Waals surface area contributed by atoms with Crippen molar-refractivity contribution >= 4 is 83.4 Å². The first-order chi connectivity index (χ1) is 20.7. The minimum atomic E-state index is -0.273. The quantitative estimate of drug-likeness (QED) is 0.247. The molecule has 6 rings (SSSR count). The van der Waals surface area contributed by atoms with Gasteiger partial charge in [0, 0.05) is 0 Å². The summed E-state index contributed by atoms with van der Waals surface area (Å²) in [5.74, 6) is -3.28. The number of imide groups is 6. The number of nitrogens with zero attached hydrogens (tertiary/aromatic N) is 6. The summed E-state index contributed by atoms with van der Waals surface area (Å²) in [6, 6.07) is 0. The summed E-state index contributed by atoms with van der Waals surface area (Å²) >= 11 is 2.83. The van der Waals surface area contributed by atoms with E-state index >= 15 is 0 Å². The molecular weight excluding hydrogens is 708 g/mol. The normalized spacial score (nSPS) is 18.8. The smallest absolute Gasteiger partial charge is 0.596 e. The minimum Gasteiger partial charge on any atom is -0.596 e. The van der Waals surface area contributed by atoms with Gasteiger partial charge in [-0.3, -0.25) is 0 Å². The van der Waals surface area contributed by atoms with E-state index in [-0.39, 0.29) is 92.0 Å². The topological polar surface area (TPSA) is 307 Å². The molecule has 21 heteroatoms. The molecule has 0 bridgehead atoms. The number of carbonyl (C=O) groups is 12. The Bertz CT molecular complexity index is 893. The second-order valence-corrected chi connectivity index (χ2v) is 8.40. The van der Waals surface area contributed by atoms with Crippen molar-refractivity contribution in [2.24, 2.45) is 0 Å². The van der Waals surface area contributed by atoms with Crippen molar-refractivity contribution < 1.29 is 82.8 Å². The third-order valence-corrected chi connectivity index (χ3v) is 4.81. The minimum absolute atomic E-state index is 0. The van der Waals surface area contributed by atoms with E-state index in [9.17, 15) is 57.5 Å². The van der Waals surface area contributed by atoms with E-state index in [2.05, 4.69) is 44.4 Å². The first kappa shape index (κ1) is 42.7. The van der Waals surface area contributed by atoms with Crippen LogP contribution in [0.3, 0.4) is 0 Å². The summed E-state index contributed by atoms with van der Waals surface area (Å²) in [6.07, 6.45) is 3.82. The molecule has 240 valence electrons. The van der Waals surface area contributed by atoms with Gasteiger partial charge in [0.15, 0.2) is 12.5 Å². The third kappa shape index (κ3) is 22.7.